The summed E-state index contributed by atoms with van der Waals surface area (Å²) >= 11 is 0. The first-order valence-corrected chi connectivity index (χ1v) is 6.25. The third kappa shape index (κ3) is 2.60. The summed E-state index contributed by atoms with van der Waals surface area (Å²) in [5.74, 6) is 0.0562. The predicted molar refractivity (Wildman–Crippen MR) is 64.8 cm³/mol. The minimum absolute atomic E-state index is 0.0562. The highest BCUT2D eigenvalue weighted by Gasteiger charge is 2.17. The Balaban J connectivity index is 2.02. The van der Waals surface area contributed by atoms with Gasteiger partial charge in [-0.05, 0) is 26.2 Å². The summed E-state index contributed by atoms with van der Waals surface area (Å²) in [6.07, 6.45) is 6.78. The van der Waals surface area contributed by atoms with E-state index in [1.165, 1.54) is 11.0 Å². The highest BCUT2D eigenvalue weighted by atomic mass is 16.2. The molecule has 1 aliphatic rings. The van der Waals surface area contributed by atoms with Crippen LogP contribution in [0.2, 0.25) is 0 Å². The van der Waals surface area contributed by atoms with Crippen molar-refractivity contribution in [3.8, 4) is 0 Å². The van der Waals surface area contributed by atoms with Gasteiger partial charge in [0.05, 0.1) is 0 Å². The van der Waals surface area contributed by atoms with Crippen LogP contribution in [0, 0.1) is 0 Å². The van der Waals surface area contributed by atoms with Gasteiger partial charge in [0.1, 0.15) is 6.54 Å². The molecule has 5 nitrogen and oxygen atoms in total. The fourth-order valence-corrected chi connectivity index (χ4v) is 2.20. The lowest BCUT2D eigenvalue weighted by Crippen LogP contribution is -2.39. The van der Waals surface area contributed by atoms with E-state index in [0.717, 1.165) is 25.9 Å². The predicted octanol–water partition coefficient (Wildman–Crippen LogP) is 0.682. The Kier molecular flexibility index (Phi) is 3.66. The first-order chi connectivity index (χ1) is 8.22. The molecule has 1 amide bonds. The maximum Gasteiger partial charge on any atom is 0.328 e. The summed E-state index contributed by atoms with van der Waals surface area (Å²) in [6, 6.07) is 0. The van der Waals surface area contributed by atoms with Gasteiger partial charge in [-0.15, -0.1) is 0 Å². The molecular formula is C12H19N3O2. The van der Waals surface area contributed by atoms with Crippen LogP contribution < -0.4 is 5.69 Å². The van der Waals surface area contributed by atoms with Crippen molar-refractivity contribution >= 4 is 5.91 Å². The molecule has 1 aliphatic heterocycles. The number of aryl methyl sites for hydroxylation is 1. The summed E-state index contributed by atoms with van der Waals surface area (Å²) in [7, 11) is 0. The molecule has 0 aromatic carbocycles. The van der Waals surface area contributed by atoms with Crippen LogP contribution in [-0.4, -0.2) is 33.0 Å². The third-order valence-corrected chi connectivity index (χ3v) is 3.27. The van der Waals surface area contributed by atoms with Crippen molar-refractivity contribution in [2.24, 2.45) is 0 Å². The Morgan fingerprint density at radius 1 is 1.18 bits per heavy atom. The van der Waals surface area contributed by atoms with E-state index in [-0.39, 0.29) is 18.1 Å². The lowest BCUT2D eigenvalue weighted by Gasteiger charge is -2.26. The number of carbonyl (C=O) groups excluding carboxylic acids is 1. The van der Waals surface area contributed by atoms with Gasteiger partial charge in [0.15, 0.2) is 0 Å². The Bertz CT molecular complexity index is 441. The summed E-state index contributed by atoms with van der Waals surface area (Å²) in [6.45, 7) is 4.40. The summed E-state index contributed by atoms with van der Waals surface area (Å²) in [5, 5.41) is 0. The van der Waals surface area contributed by atoms with Gasteiger partial charge in [0, 0.05) is 32.0 Å². The molecule has 0 bridgehead atoms. The minimum Gasteiger partial charge on any atom is -0.341 e. The van der Waals surface area contributed by atoms with Gasteiger partial charge in [0.2, 0.25) is 5.91 Å². The highest BCUT2D eigenvalue weighted by molar-refractivity contribution is 5.76. The average Bonchev–Trinajstić information content (AvgIpc) is 2.71. The van der Waals surface area contributed by atoms with Gasteiger partial charge in [-0.3, -0.25) is 13.9 Å². The molecular weight excluding hydrogens is 218 g/mol. The molecule has 1 saturated heterocycles. The second-order valence-electron chi connectivity index (χ2n) is 4.44. The summed E-state index contributed by atoms with van der Waals surface area (Å²) in [4.78, 5) is 25.6. The lowest BCUT2D eigenvalue weighted by molar-refractivity contribution is -0.132. The molecule has 1 aromatic rings. The second-order valence-corrected chi connectivity index (χ2v) is 4.44. The maximum absolute atomic E-state index is 12.0. The molecule has 0 atom stereocenters. The molecule has 0 radical (unpaired) electrons. The number of piperidine rings is 1. The first kappa shape index (κ1) is 12.0. The Labute approximate surface area is 101 Å². The quantitative estimate of drug-likeness (QED) is 0.776. The zero-order valence-electron chi connectivity index (χ0n) is 10.3. The number of nitrogens with zero attached hydrogens (tertiary/aromatic N) is 3. The molecule has 2 heterocycles. The molecule has 5 heteroatoms. The monoisotopic (exact) mass is 237 g/mol. The number of hydrogen-bond donors (Lipinski definition) is 0. The fourth-order valence-electron chi connectivity index (χ4n) is 2.20. The van der Waals surface area contributed by atoms with Crippen molar-refractivity contribution < 1.29 is 4.79 Å². The fraction of sp³-hybridized carbons (Fsp3) is 0.667. The molecule has 0 N–H and O–H groups in total. The Hall–Kier alpha value is -1.52. The second kappa shape index (κ2) is 5.21. The molecule has 2 rings (SSSR count). The minimum atomic E-state index is -0.0992. The standard InChI is InChI=1S/C12H19N3O2/c1-2-13-8-9-15(12(13)17)10-11(16)14-6-4-3-5-7-14/h8-9H,2-7,10H2,1H3. The van der Waals surface area contributed by atoms with Crippen LogP contribution >= 0.6 is 0 Å². The van der Waals surface area contributed by atoms with E-state index in [0.29, 0.717) is 6.54 Å². The van der Waals surface area contributed by atoms with Crippen LogP contribution in [0.15, 0.2) is 17.2 Å². The number of hydrogen-bond acceptors (Lipinski definition) is 2. The van der Waals surface area contributed by atoms with Crippen molar-refractivity contribution in [2.45, 2.75) is 39.3 Å². The van der Waals surface area contributed by atoms with Crippen LogP contribution in [0.5, 0.6) is 0 Å². The van der Waals surface area contributed by atoms with Crippen molar-refractivity contribution in [3.05, 3.63) is 22.9 Å². The normalized spacial score (nSPS) is 16.2. The summed E-state index contributed by atoms with van der Waals surface area (Å²) in [5.41, 5.74) is -0.0992. The van der Waals surface area contributed by atoms with E-state index < -0.39 is 0 Å². The smallest absolute Gasteiger partial charge is 0.328 e. The number of carbonyl (C=O) groups is 1. The van der Waals surface area contributed by atoms with E-state index in [9.17, 15) is 9.59 Å². The van der Waals surface area contributed by atoms with Gasteiger partial charge in [-0.1, -0.05) is 0 Å². The van der Waals surface area contributed by atoms with Crippen molar-refractivity contribution in [2.75, 3.05) is 13.1 Å². The van der Waals surface area contributed by atoms with Crippen molar-refractivity contribution in [1.29, 1.82) is 0 Å². The van der Waals surface area contributed by atoms with Gasteiger partial charge in [-0.25, -0.2) is 4.79 Å². The van der Waals surface area contributed by atoms with Gasteiger partial charge in [0.25, 0.3) is 0 Å². The van der Waals surface area contributed by atoms with E-state index in [1.807, 2.05) is 11.8 Å². The SMILES string of the molecule is CCn1ccn(CC(=O)N2CCCCC2)c1=O. The molecule has 0 aliphatic carbocycles. The maximum atomic E-state index is 12.0. The van der Waals surface area contributed by atoms with E-state index in [2.05, 4.69) is 0 Å². The molecule has 17 heavy (non-hydrogen) atoms. The van der Waals surface area contributed by atoms with Crippen LogP contribution in [0.25, 0.3) is 0 Å². The van der Waals surface area contributed by atoms with Crippen molar-refractivity contribution in [1.82, 2.24) is 14.0 Å². The van der Waals surface area contributed by atoms with Crippen LogP contribution in [-0.2, 0) is 17.9 Å². The highest BCUT2D eigenvalue weighted by Crippen LogP contribution is 2.09. The summed E-state index contributed by atoms with van der Waals surface area (Å²) < 4.78 is 3.09. The van der Waals surface area contributed by atoms with E-state index >= 15 is 0 Å². The first-order valence-electron chi connectivity index (χ1n) is 6.25. The number of rotatable bonds is 3. The largest absolute Gasteiger partial charge is 0.341 e. The third-order valence-electron chi connectivity index (χ3n) is 3.27. The average molecular weight is 237 g/mol. The van der Waals surface area contributed by atoms with Crippen LogP contribution in [0.1, 0.15) is 26.2 Å². The molecule has 0 spiro atoms. The van der Waals surface area contributed by atoms with Crippen molar-refractivity contribution in [3.63, 3.8) is 0 Å². The van der Waals surface area contributed by atoms with E-state index in [4.69, 9.17) is 0 Å². The zero-order valence-corrected chi connectivity index (χ0v) is 10.3. The Morgan fingerprint density at radius 3 is 2.41 bits per heavy atom. The van der Waals surface area contributed by atoms with Crippen LogP contribution in [0.3, 0.4) is 0 Å². The lowest BCUT2D eigenvalue weighted by atomic mass is 10.1. The molecule has 0 unspecified atom stereocenters. The van der Waals surface area contributed by atoms with Gasteiger partial charge < -0.3 is 4.90 Å². The van der Waals surface area contributed by atoms with Crippen LogP contribution in [0.4, 0.5) is 0 Å². The Morgan fingerprint density at radius 2 is 1.82 bits per heavy atom. The number of likely N-dealkylation sites (tertiary alicyclic amines) is 1. The van der Waals surface area contributed by atoms with Gasteiger partial charge >= 0.3 is 5.69 Å². The van der Waals surface area contributed by atoms with Gasteiger partial charge in [-0.2, -0.15) is 0 Å². The number of amides is 1. The molecule has 0 saturated carbocycles. The molecule has 94 valence electrons. The molecule has 1 fully saturated rings. The molecule has 1 aromatic heterocycles. The number of aromatic nitrogens is 2. The topological polar surface area (TPSA) is 47.2 Å². The number of imidazole rings is 1. The zero-order chi connectivity index (χ0) is 12.3. The van der Waals surface area contributed by atoms with E-state index in [1.54, 1.807) is 17.0 Å².